The fraction of sp³-hybridized carbons (Fsp3) is 0.400. The van der Waals surface area contributed by atoms with Gasteiger partial charge in [-0.05, 0) is 37.0 Å². The zero-order chi connectivity index (χ0) is 14.4. The molecule has 1 aromatic carbocycles. The highest BCUT2D eigenvalue weighted by molar-refractivity contribution is 6.31. The number of urea groups is 1. The van der Waals surface area contributed by atoms with Crippen molar-refractivity contribution >= 4 is 23.3 Å². The van der Waals surface area contributed by atoms with E-state index in [9.17, 15) is 9.90 Å². The van der Waals surface area contributed by atoms with Crippen LogP contribution in [0.4, 0.5) is 10.5 Å². The number of rotatable bonds is 3. The van der Waals surface area contributed by atoms with Gasteiger partial charge in [-0.2, -0.15) is 0 Å². The van der Waals surface area contributed by atoms with E-state index in [1.54, 1.807) is 12.3 Å². The van der Waals surface area contributed by atoms with Gasteiger partial charge in [-0.25, -0.2) is 4.79 Å². The van der Waals surface area contributed by atoms with Gasteiger partial charge in [-0.15, -0.1) is 0 Å². The van der Waals surface area contributed by atoms with Crippen molar-refractivity contribution in [1.29, 1.82) is 0 Å². The van der Waals surface area contributed by atoms with E-state index in [0.717, 1.165) is 0 Å². The molecule has 4 nitrogen and oxygen atoms in total. The second-order valence-corrected chi connectivity index (χ2v) is 5.45. The van der Waals surface area contributed by atoms with Crippen LogP contribution in [0, 0.1) is 5.92 Å². The third kappa shape index (κ3) is 4.46. The summed E-state index contributed by atoms with van der Waals surface area (Å²) in [6.45, 7) is 0. The molecule has 2 rings (SSSR count). The quantitative estimate of drug-likeness (QED) is 0.729. The largest absolute Gasteiger partial charge is 0.506 e. The second-order valence-electron chi connectivity index (χ2n) is 5.02. The number of phenols is 1. The summed E-state index contributed by atoms with van der Waals surface area (Å²) in [5.41, 5.74) is 0.293. The lowest BCUT2D eigenvalue weighted by molar-refractivity contribution is 0.255. The Morgan fingerprint density at radius 2 is 2.05 bits per heavy atom. The lowest BCUT2D eigenvalue weighted by atomic mass is 9.89. The summed E-state index contributed by atoms with van der Waals surface area (Å²) in [6.07, 6.45) is 9.93. The number of benzene rings is 1. The SMILES string of the molecule is O=C(N/C=C/C1CCCCC1)Nc1cc(Cl)ccc1O. The zero-order valence-corrected chi connectivity index (χ0v) is 12.0. The monoisotopic (exact) mass is 294 g/mol. The number of aromatic hydroxyl groups is 1. The molecule has 1 aromatic rings. The zero-order valence-electron chi connectivity index (χ0n) is 11.2. The van der Waals surface area contributed by atoms with Crippen molar-refractivity contribution in [3.8, 4) is 5.75 Å². The van der Waals surface area contributed by atoms with Gasteiger partial charge in [0.2, 0.25) is 0 Å². The number of anilines is 1. The summed E-state index contributed by atoms with van der Waals surface area (Å²) in [6, 6.07) is 4.11. The van der Waals surface area contributed by atoms with E-state index in [-0.39, 0.29) is 5.75 Å². The maximum Gasteiger partial charge on any atom is 0.323 e. The van der Waals surface area contributed by atoms with Crippen molar-refractivity contribution in [1.82, 2.24) is 5.32 Å². The Morgan fingerprint density at radius 3 is 2.80 bits per heavy atom. The molecule has 2 amide bonds. The van der Waals surface area contributed by atoms with Gasteiger partial charge in [0, 0.05) is 11.2 Å². The maximum atomic E-state index is 11.7. The van der Waals surface area contributed by atoms with Crippen LogP contribution in [-0.2, 0) is 0 Å². The first-order chi connectivity index (χ1) is 9.65. The van der Waals surface area contributed by atoms with Crippen LogP contribution in [0.1, 0.15) is 32.1 Å². The maximum absolute atomic E-state index is 11.7. The molecule has 1 aliphatic rings. The van der Waals surface area contributed by atoms with Crippen molar-refractivity contribution in [3.05, 3.63) is 35.5 Å². The van der Waals surface area contributed by atoms with Crippen molar-refractivity contribution in [2.24, 2.45) is 5.92 Å². The smallest absolute Gasteiger partial charge is 0.323 e. The molecule has 0 radical (unpaired) electrons. The van der Waals surface area contributed by atoms with Gasteiger partial charge >= 0.3 is 6.03 Å². The molecule has 0 saturated heterocycles. The van der Waals surface area contributed by atoms with Gasteiger partial charge < -0.3 is 15.7 Å². The molecule has 0 spiro atoms. The number of halogens is 1. The first-order valence-corrected chi connectivity index (χ1v) is 7.25. The van der Waals surface area contributed by atoms with E-state index in [0.29, 0.717) is 16.6 Å². The number of hydrogen-bond acceptors (Lipinski definition) is 2. The molecule has 0 heterocycles. The van der Waals surface area contributed by atoms with E-state index in [1.807, 2.05) is 6.08 Å². The predicted molar refractivity (Wildman–Crippen MR) is 81.0 cm³/mol. The van der Waals surface area contributed by atoms with Crippen LogP contribution in [0.5, 0.6) is 5.75 Å². The van der Waals surface area contributed by atoms with Crippen LogP contribution in [0.2, 0.25) is 5.02 Å². The number of allylic oxidation sites excluding steroid dienone is 1. The van der Waals surface area contributed by atoms with Gasteiger partial charge in [-0.3, -0.25) is 0 Å². The highest BCUT2D eigenvalue weighted by Crippen LogP contribution is 2.26. The molecule has 5 heteroatoms. The number of amides is 2. The molecule has 3 N–H and O–H groups in total. The minimum absolute atomic E-state index is 0.0131. The average molecular weight is 295 g/mol. The average Bonchev–Trinajstić information content (AvgIpc) is 2.44. The Hall–Kier alpha value is -1.68. The first kappa shape index (κ1) is 14.7. The molecule has 108 valence electrons. The Labute approximate surface area is 123 Å². The normalized spacial score (nSPS) is 16.2. The van der Waals surface area contributed by atoms with Crippen LogP contribution in [0.25, 0.3) is 0 Å². The number of hydrogen-bond donors (Lipinski definition) is 3. The Morgan fingerprint density at radius 1 is 1.30 bits per heavy atom. The Bertz CT molecular complexity index is 497. The molecule has 0 unspecified atom stereocenters. The first-order valence-electron chi connectivity index (χ1n) is 6.88. The van der Waals surface area contributed by atoms with E-state index in [4.69, 9.17) is 11.6 Å². The molecular formula is C15H19ClN2O2. The lowest BCUT2D eigenvalue weighted by Gasteiger charge is -2.17. The van der Waals surface area contributed by atoms with Crippen LogP contribution >= 0.6 is 11.6 Å². The summed E-state index contributed by atoms with van der Waals surface area (Å²) in [7, 11) is 0. The van der Waals surface area contributed by atoms with Crippen molar-refractivity contribution in [3.63, 3.8) is 0 Å². The summed E-state index contributed by atoms with van der Waals surface area (Å²) < 4.78 is 0. The van der Waals surface area contributed by atoms with Crippen molar-refractivity contribution in [2.45, 2.75) is 32.1 Å². The number of carbonyl (C=O) groups is 1. The molecule has 0 aromatic heterocycles. The Kier molecular flexibility index (Phi) is 5.30. The molecular weight excluding hydrogens is 276 g/mol. The summed E-state index contributed by atoms with van der Waals surface area (Å²) in [4.78, 5) is 11.7. The molecule has 20 heavy (non-hydrogen) atoms. The Balaban J connectivity index is 1.82. The number of phenolic OH excluding ortho intramolecular Hbond substituents is 1. The molecule has 1 saturated carbocycles. The lowest BCUT2D eigenvalue weighted by Crippen LogP contribution is -2.24. The minimum atomic E-state index is -0.394. The van der Waals surface area contributed by atoms with Gasteiger partial charge in [0.1, 0.15) is 5.75 Å². The summed E-state index contributed by atoms with van der Waals surface area (Å²) in [5.74, 6) is 0.546. The van der Waals surface area contributed by atoms with Gasteiger partial charge in [0.05, 0.1) is 5.69 Å². The van der Waals surface area contributed by atoms with E-state index in [1.165, 1.54) is 44.2 Å². The molecule has 1 aliphatic carbocycles. The third-order valence-electron chi connectivity index (χ3n) is 3.44. The van der Waals surface area contributed by atoms with Crippen LogP contribution in [0.3, 0.4) is 0 Å². The van der Waals surface area contributed by atoms with Crippen LogP contribution < -0.4 is 10.6 Å². The molecule has 0 bridgehead atoms. The summed E-state index contributed by atoms with van der Waals surface area (Å²) in [5, 5.41) is 15.2. The van der Waals surface area contributed by atoms with Crippen molar-refractivity contribution in [2.75, 3.05) is 5.32 Å². The molecule has 0 aliphatic heterocycles. The fourth-order valence-electron chi connectivity index (χ4n) is 2.35. The van der Waals surface area contributed by atoms with E-state index in [2.05, 4.69) is 10.6 Å². The molecule has 1 fully saturated rings. The van der Waals surface area contributed by atoms with Gasteiger partial charge in [0.25, 0.3) is 0 Å². The van der Waals surface area contributed by atoms with Crippen LogP contribution in [0.15, 0.2) is 30.5 Å². The van der Waals surface area contributed by atoms with Gasteiger partial charge in [-0.1, -0.05) is 36.9 Å². The molecule has 0 atom stereocenters. The highest BCUT2D eigenvalue weighted by Gasteiger charge is 2.10. The standard InChI is InChI=1S/C15H19ClN2O2/c16-12-6-7-14(19)13(10-12)18-15(20)17-9-8-11-4-2-1-3-5-11/h6-11,19H,1-5H2,(H2,17,18,20)/b9-8+. The fourth-order valence-corrected chi connectivity index (χ4v) is 2.53. The van der Waals surface area contributed by atoms with Crippen LogP contribution in [-0.4, -0.2) is 11.1 Å². The third-order valence-corrected chi connectivity index (χ3v) is 3.67. The summed E-state index contributed by atoms with van der Waals surface area (Å²) >= 11 is 5.81. The van der Waals surface area contributed by atoms with E-state index < -0.39 is 6.03 Å². The van der Waals surface area contributed by atoms with E-state index >= 15 is 0 Å². The number of carbonyl (C=O) groups excluding carboxylic acids is 1. The van der Waals surface area contributed by atoms with Crippen molar-refractivity contribution < 1.29 is 9.90 Å². The highest BCUT2D eigenvalue weighted by atomic mass is 35.5. The number of nitrogens with one attached hydrogen (secondary N) is 2. The topological polar surface area (TPSA) is 61.4 Å². The predicted octanol–water partition coefficient (Wildman–Crippen LogP) is 4.26. The van der Waals surface area contributed by atoms with Gasteiger partial charge in [0.15, 0.2) is 0 Å². The minimum Gasteiger partial charge on any atom is -0.506 e. The second kappa shape index (κ2) is 7.20.